The minimum Gasteiger partial charge on any atom is -0.480 e. The lowest BCUT2D eigenvalue weighted by molar-refractivity contribution is -0.136. The van der Waals surface area contributed by atoms with Crippen molar-refractivity contribution >= 4 is 51.7 Å². The van der Waals surface area contributed by atoms with Crippen molar-refractivity contribution in [2.45, 2.75) is 75.8 Å². The predicted molar refractivity (Wildman–Crippen MR) is 219 cm³/mol. The number of aromatic nitrogens is 2. The number of imide groups is 1. The molecule has 3 amide bonds. The third kappa shape index (κ3) is 7.21. The summed E-state index contributed by atoms with van der Waals surface area (Å²) in [5, 5.41) is 13.4. The van der Waals surface area contributed by atoms with Crippen LogP contribution < -0.4 is 19.9 Å². The van der Waals surface area contributed by atoms with Gasteiger partial charge in [-0.15, -0.1) is 0 Å². The second kappa shape index (κ2) is 15.7. The van der Waals surface area contributed by atoms with E-state index in [1.807, 2.05) is 12.1 Å². The van der Waals surface area contributed by atoms with Crippen LogP contribution in [0.25, 0.3) is 10.9 Å². The molecular weight excluding hydrogens is 740 g/mol. The SMILES string of the molecule is COc1nc(N2CCC(CN3CCC(c4ccc(N5CCC[C@@H](c6ccc(Cl)c7c(C#N)c[nH]c67)C5)cc4)CC3)CC2)cc2c1C(=O)N(C1CCC(=O)NC1=O)C2. The predicted octanol–water partition coefficient (Wildman–Crippen LogP) is 6.34. The number of likely N-dealkylation sites (tertiary alicyclic amines) is 1. The molecule has 1 unspecified atom stereocenters. The van der Waals surface area contributed by atoms with Gasteiger partial charge in [-0.2, -0.15) is 10.2 Å². The van der Waals surface area contributed by atoms with Gasteiger partial charge in [0, 0.05) is 68.9 Å². The first-order valence-electron chi connectivity index (χ1n) is 20.5. The summed E-state index contributed by atoms with van der Waals surface area (Å²) in [6.45, 7) is 7.42. The molecule has 2 aromatic heterocycles. The van der Waals surface area contributed by atoms with Gasteiger partial charge in [-0.05, 0) is 111 Å². The van der Waals surface area contributed by atoms with Gasteiger partial charge >= 0.3 is 0 Å². The smallest absolute Gasteiger partial charge is 0.260 e. The van der Waals surface area contributed by atoms with Crippen LogP contribution in [0, 0.1) is 17.2 Å². The van der Waals surface area contributed by atoms with Gasteiger partial charge in [-0.1, -0.05) is 29.8 Å². The van der Waals surface area contributed by atoms with Crippen molar-refractivity contribution in [3.8, 4) is 11.9 Å². The highest BCUT2D eigenvalue weighted by Gasteiger charge is 2.42. The van der Waals surface area contributed by atoms with Crippen molar-refractivity contribution < 1.29 is 19.1 Å². The van der Waals surface area contributed by atoms with Crippen molar-refractivity contribution in [3.63, 3.8) is 0 Å². The molecule has 2 atom stereocenters. The molecule has 5 aliphatic rings. The molecule has 7 heterocycles. The molecule has 5 aliphatic heterocycles. The van der Waals surface area contributed by atoms with E-state index >= 15 is 0 Å². The van der Waals surface area contributed by atoms with Crippen molar-refractivity contribution in [2.24, 2.45) is 5.92 Å². The topological polar surface area (TPSA) is 138 Å². The lowest BCUT2D eigenvalue weighted by atomic mass is 9.87. The fraction of sp³-hybridized carbons (Fsp3) is 0.477. The first-order valence-corrected chi connectivity index (χ1v) is 20.9. The summed E-state index contributed by atoms with van der Waals surface area (Å²) in [4.78, 5) is 54.8. The molecule has 0 saturated carbocycles. The molecule has 0 radical (unpaired) electrons. The number of rotatable bonds is 8. The number of halogens is 1. The van der Waals surface area contributed by atoms with E-state index in [-0.39, 0.29) is 18.2 Å². The number of hydrogen-bond donors (Lipinski definition) is 2. The number of carbonyl (C=O) groups excluding carboxylic acids is 3. The number of aromatic amines is 1. The van der Waals surface area contributed by atoms with E-state index in [4.69, 9.17) is 21.3 Å². The molecule has 9 rings (SSSR count). The average Bonchev–Trinajstić information content (AvgIpc) is 3.83. The van der Waals surface area contributed by atoms with Crippen LogP contribution in [0.4, 0.5) is 11.5 Å². The molecule has 2 aromatic carbocycles. The summed E-state index contributed by atoms with van der Waals surface area (Å²) in [6, 6.07) is 17.0. The van der Waals surface area contributed by atoms with Crippen molar-refractivity contribution in [2.75, 3.05) is 62.7 Å². The molecule has 2 N–H and O–H groups in total. The number of carbonyl (C=O) groups is 3. The standard InChI is InChI=1S/C44H49ClN8O4/c1-57-43-40-31(26-53(44(40)56)36-10-11-38(54)49-42(36)55)21-37(48-43)51-19-12-27(13-20-51)24-50-17-14-29(15-18-50)28-4-6-33(7-5-28)52-16-2-3-30(25-52)34-8-9-35(45)39-32(22-46)23-47-41(34)39/h4-9,21,23,27,29-30,36,47H,2-3,10-20,24-26H2,1H3,(H,49,54,55)/t30-,36?/m1/s1. The molecule has 4 saturated heterocycles. The maximum absolute atomic E-state index is 13.4. The fourth-order valence-electron chi connectivity index (χ4n) is 10.1. The van der Waals surface area contributed by atoms with Gasteiger partial charge in [0.1, 0.15) is 23.5 Å². The molecule has 12 nitrogen and oxygen atoms in total. The normalized spacial score (nSPS) is 22.5. The summed E-state index contributed by atoms with van der Waals surface area (Å²) >= 11 is 6.51. The van der Waals surface area contributed by atoms with Crippen LogP contribution in [0.1, 0.15) is 95.8 Å². The van der Waals surface area contributed by atoms with E-state index in [0.717, 1.165) is 93.8 Å². The number of amides is 3. The summed E-state index contributed by atoms with van der Waals surface area (Å²) in [6.07, 6.45) is 9.05. The Morgan fingerprint density at radius 3 is 2.46 bits per heavy atom. The second-order valence-corrected chi connectivity index (χ2v) is 16.9. The number of methoxy groups -OCH3 is 1. The van der Waals surface area contributed by atoms with Crippen LogP contribution in [0.2, 0.25) is 5.02 Å². The number of nitriles is 1. The molecule has 4 aromatic rings. The van der Waals surface area contributed by atoms with Gasteiger partial charge in [-0.3, -0.25) is 19.7 Å². The largest absolute Gasteiger partial charge is 0.480 e. The Bertz CT molecular complexity index is 2230. The maximum atomic E-state index is 13.4. The molecule has 0 aliphatic carbocycles. The fourth-order valence-corrected chi connectivity index (χ4v) is 10.3. The van der Waals surface area contributed by atoms with E-state index in [1.54, 1.807) is 11.1 Å². The molecule has 296 valence electrons. The first-order chi connectivity index (χ1) is 27.8. The zero-order valence-corrected chi connectivity index (χ0v) is 33.2. The van der Waals surface area contributed by atoms with Crippen molar-refractivity contribution in [1.29, 1.82) is 5.26 Å². The number of piperidine rings is 4. The maximum Gasteiger partial charge on any atom is 0.260 e. The van der Waals surface area contributed by atoms with Gasteiger partial charge in [0.25, 0.3) is 5.91 Å². The number of H-pyrrole nitrogens is 1. The van der Waals surface area contributed by atoms with Gasteiger partial charge in [0.2, 0.25) is 17.7 Å². The van der Waals surface area contributed by atoms with E-state index in [2.05, 4.69) is 61.4 Å². The van der Waals surface area contributed by atoms with Crippen molar-refractivity contribution in [1.82, 2.24) is 25.1 Å². The Balaban J connectivity index is 0.760. The monoisotopic (exact) mass is 788 g/mol. The van der Waals surface area contributed by atoms with E-state index in [1.165, 1.54) is 36.8 Å². The summed E-state index contributed by atoms with van der Waals surface area (Å²) in [7, 11) is 1.53. The van der Waals surface area contributed by atoms with Crippen LogP contribution in [0.5, 0.6) is 5.88 Å². The lowest BCUT2D eigenvalue weighted by Crippen LogP contribution is -2.52. The van der Waals surface area contributed by atoms with E-state index in [0.29, 0.717) is 52.7 Å². The minimum absolute atomic E-state index is 0.219. The molecule has 4 fully saturated rings. The molecule has 0 bridgehead atoms. The number of nitrogens with one attached hydrogen (secondary N) is 2. The number of fused-ring (bicyclic) bond motifs is 2. The number of anilines is 2. The van der Waals surface area contributed by atoms with Crippen LogP contribution in [0.15, 0.2) is 48.7 Å². The summed E-state index contributed by atoms with van der Waals surface area (Å²) in [5.74, 6) is 1.69. The van der Waals surface area contributed by atoms with Crippen LogP contribution >= 0.6 is 11.6 Å². The average molecular weight is 789 g/mol. The van der Waals surface area contributed by atoms with E-state index < -0.39 is 11.9 Å². The van der Waals surface area contributed by atoms with Gasteiger partial charge in [-0.25, -0.2) is 0 Å². The van der Waals surface area contributed by atoms with Crippen molar-refractivity contribution in [3.05, 3.63) is 81.5 Å². The van der Waals surface area contributed by atoms with E-state index in [9.17, 15) is 19.6 Å². The number of nitrogens with zero attached hydrogens (tertiary/aromatic N) is 6. The first kappa shape index (κ1) is 37.5. The van der Waals surface area contributed by atoms with Crippen LogP contribution in [0.3, 0.4) is 0 Å². The Kier molecular flexibility index (Phi) is 10.3. The Hall–Kier alpha value is -5.12. The summed E-state index contributed by atoms with van der Waals surface area (Å²) < 4.78 is 5.61. The quantitative estimate of drug-likeness (QED) is 0.196. The van der Waals surface area contributed by atoms with Crippen LogP contribution in [-0.2, 0) is 16.1 Å². The number of benzene rings is 2. The minimum atomic E-state index is -0.670. The van der Waals surface area contributed by atoms with Gasteiger partial charge < -0.3 is 29.3 Å². The molecular formula is C44H49ClN8O4. The third-order valence-electron chi connectivity index (χ3n) is 13.2. The molecule has 13 heteroatoms. The Labute approximate surface area is 338 Å². The second-order valence-electron chi connectivity index (χ2n) is 16.5. The Morgan fingerprint density at radius 1 is 0.930 bits per heavy atom. The highest BCUT2D eigenvalue weighted by atomic mass is 35.5. The van der Waals surface area contributed by atoms with Crippen LogP contribution in [-0.4, -0.2) is 96.5 Å². The zero-order valence-electron chi connectivity index (χ0n) is 32.4. The number of ether oxygens (including phenoxy) is 1. The molecule has 0 spiro atoms. The third-order valence-corrected chi connectivity index (χ3v) is 13.5. The highest BCUT2D eigenvalue weighted by Crippen LogP contribution is 2.39. The number of hydrogen-bond acceptors (Lipinski definition) is 9. The summed E-state index contributed by atoms with van der Waals surface area (Å²) in [5.41, 5.74) is 6.78. The highest BCUT2D eigenvalue weighted by molar-refractivity contribution is 6.36. The molecule has 57 heavy (non-hydrogen) atoms. The van der Waals surface area contributed by atoms with Gasteiger partial charge in [0.15, 0.2) is 0 Å². The lowest BCUT2D eigenvalue weighted by Gasteiger charge is -2.38. The van der Waals surface area contributed by atoms with Gasteiger partial charge in [0.05, 0.1) is 23.2 Å². The Morgan fingerprint density at radius 2 is 1.72 bits per heavy atom. The number of pyridine rings is 1. The zero-order chi connectivity index (χ0) is 39.2.